The molecule has 3 heteroatoms. The van der Waals surface area contributed by atoms with Gasteiger partial charge in [0, 0.05) is 0 Å². The predicted molar refractivity (Wildman–Crippen MR) is 49.4 cm³/mol. The molecule has 1 aliphatic rings. The molecule has 1 rings (SSSR count). The van der Waals surface area contributed by atoms with Crippen LogP contribution in [0.25, 0.3) is 0 Å². The lowest BCUT2D eigenvalue weighted by molar-refractivity contribution is -0.159. The Labute approximate surface area is 79.4 Å². The molecule has 0 bridgehead atoms. The zero-order chi connectivity index (χ0) is 10.1. The lowest BCUT2D eigenvalue weighted by Crippen LogP contribution is -2.31. The molecule has 0 amide bonds. The van der Waals surface area contributed by atoms with E-state index in [4.69, 9.17) is 9.47 Å². The summed E-state index contributed by atoms with van der Waals surface area (Å²) in [5.41, 5.74) is -0.372. The fourth-order valence-electron chi connectivity index (χ4n) is 0.875. The van der Waals surface area contributed by atoms with Gasteiger partial charge in [0.1, 0.15) is 12.2 Å². The number of rotatable bonds is 4. The lowest BCUT2D eigenvalue weighted by Gasteiger charge is -2.22. The highest BCUT2D eigenvalue weighted by atomic mass is 16.6. The number of carbonyl (C=O) groups is 1. The Bertz CT molecular complexity index is 194. The molecule has 13 heavy (non-hydrogen) atoms. The van der Waals surface area contributed by atoms with Gasteiger partial charge in [-0.3, -0.25) is 4.79 Å². The van der Waals surface area contributed by atoms with E-state index in [1.165, 1.54) is 0 Å². The summed E-state index contributed by atoms with van der Waals surface area (Å²) in [6.07, 6.45) is 0.833. The summed E-state index contributed by atoms with van der Waals surface area (Å²) in [6.45, 7) is 8.38. The third kappa shape index (κ3) is 2.69. The molecule has 1 heterocycles. The second kappa shape index (κ2) is 3.66. The average molecular weight is 186 g/mol. The Morgan fingerprint density at radius 1 is 1.69 bits per heavy atom. The molecular formula is C10H18O3. The van der Waals surface area contributed by atoms with Crippen molar-refractivity contribution in [3.8, 4) is 0 Å². The fourth-order valence-corrected chi connectivity index (χ4v) is 0.875. The molecule has 76 valence electrons. The first-order valence-electron chi connectivity index (χ1n) is 4.80. The van der Waals surface area contributed by atoms with Crippen molar-refractivity contribution in [2.45, 2.75) is 46.3 Å². The summed E-state index contributed by atoms with van der Waals surface area (Å²) in [4.78, 5) is 11.6. The van der Waals surface area contributed by atoms with Gasteiger partial charge in [-0.05, 0) is 27.2 Å². The minimum absolute atomic E-state index is 0.0988. The van der Waals surface area contributed by atoms with Crippen LogP contribution in [0.4, 0.5) is 0 Å². The Hall–Kier alpha value is -0.570. The first-order valence-corrected chi connectivity index (χ1v) is 4.80. The Kier molecular flexibility index (Phi) is 2.96. The van der Waals surface area contributed by atoms with Gasteiger partial charge in [-0.1, -0.05) is 6.92 Å². The van der Waals surface area contributed by atoms with Gasteiger partial charge in [0.25, 0.3) is 0 Å². The van der Waals surface area contributed by atoms with E-state index in [1.54, 1.807) is 0 Å². The standard InChI is InChI=1S/C10H18O3/c1-5-10(3,4)9(11)13-7(2)8-6-12-8/h7-8H,5-6H2,1-4H3. The third-order valence-electron chi connectivity index (χ3n) is 2.61. The second-order valence-electron chi connectivity index (χ2n) is 4.22. The molecular weight excluding hydrogens is 168 g/mol. The zero-order valence-electron chi connectivity index (χ0n) is 8.79. The normalized spacial score (nSPS) is 23.8. The van der Waals surface area contributed by atoms with Crippen molar-refractivity contribution >= 4 is 5.97 Å². The molecule has 0 radical (unpaired) electrons. The lowest BCUT2D eigenvalue weighted by atomic mass is 9.90. The molecule has 2 atom stereocenters. The summed E-state index contributed by atoms with van der Waals surface area (Å²) < 4.78 is 10.3. The number of ether oxygens (including phenoxy) is 2. The number of hydrogen-bond donors (Lipinski definition) is 0. The summed E-state index contributed by atoms with van der Waals surface area (Å²) >= 11 is 0. The van der Waals surface area contributed by atoms with Crippen LogP contribution in [0, 0.1) is 5.41 Å². The molecule has 0 aromatic rings. The van der Waals surface area contributed by atoms with Crippen LogP contribution in [0.15, 0.2) is 0 Å². The smallest absolute Gasteiger partial charge is 0.311 e. The first-order chi connectivity index (χ1) is 5.97. The van der Waals surface area contributed by atoms with Gasteiger partial charge < -0.3 is 9.47 Å². The highest BCUT2D eigenvalue weighted by Gasteiger charge is 2.35. The largest absolute Gasteiger partial charge is 0.459 e. The van der Waals surface area contributed by atoms with Crippen molar-refractivity contribution in [2.24, 2.45) is 5.41 Å². The van der Waals surface area contributed by atoms with Gasteiger partial charge in [0.05, 0.1) is 12.0 Å². The maximum Gasteiger partial charge on any atom is 0.311 e. The van der Waals surface area contributed by atoms with E-state index in [2.05, 4.69) is 0 Å². The van der Waals surface area contributed by atoms with E-state index in [1.807, 2.05) is 27.7 Å². The minimum atomic E-state index is -0.372. The molecule has 1 fully saturated rings. The highest BCUT2D eigenvalue weighted by Crippen LogP contribution is 2.25. The molecule has 0 saturated carbocycles. The Balaban J connectivity index is 2.39. The molecule has 0 aromatic heterocycles. The number of hydrogen-bond acceptors (Lipinski definition) is 3. The third-order valence-corrected chi connectivity index (χ3v) is 2.61. The summed E-state index contributed by atoms with van der Waals surface area (Å²) in [7, 11) is 0. The van der Waals surface area contributed by atoms with Crippen LogP contribution in [0.2, 0.25) is 0 Å². The Morgan fingerprint density at radius 2 is 2.23 bits per heavy atom. The van der Waals surface area contributed by atoms with Crippen LogP contribution in [-0.4, -0.2) is 24.8 Å². The van der Waals surface area contributed by atoms with Crippen molar-refractivity contribution in [3.63, 3.8) is 0 Å². The van der Waals surface area contributed by atoms with Gasteiger partial charge in [-0.2, -0.15) is 0 Å². The SMILES string of the molecule is CCC(C)(C)C(=O)OC(C)C1CO1. The Morgan fingerprint density at radius 3 is 2.62 bits per heavy atom. The molecule has 3 nitrogen and oxygen atoms in total. The van der Waals surface area contributed by atoms with E-state index in [0.717, 1.165) is 13.0 Å². The predicted octanol–water partition coefficient (Wildman–Crippen LogP) is 1.75. The van der Waals surface area contributed by atoms with Crippen molar-refractivity contribution in [1.82, 2.24) is 0 Å². The summed E-state index contributed by atoms with van der Waals surface area (Å²) in [5.74, 6) is -0.127. The maximum absolute atomic E-state index is 11.6. The molecule has 2 unspecified atom stereocenters. The van der Waals surface area contributed by atoms with Crippen LogP contribution in [0.5, 0.6) is 0 Å². The van der Waals surface area contributed by atoms with Crippen molar-refractivity contribution in [2.75, 3.05) is 6.61 Å². The number of esters is 1. The molecule has 0 N–H and O–H groups in total. The van der Waals surface area contributed by atoms with Gasteiger partial charge in [0.15, 0.2) is 0 Å². The quantitative estimate of drug-likeness (QED) is 0.496. The first kappa shape index (κ1) is 10.5. The van der Waals surface area contributed by atoms with Crippen LogP contribution < -0.4 is 0 Å². The summed E-state index contributed by atoms with van der Waals surface area (Å²) in [6, 6.07) is 0. The van der Waals surface area contributed by atoms with E-state index in [9.17, 15) is 4.79 Å². The van der Waals surface area contributed by atoms with Gasteiger partial charge in [0.2, 0.25) is 0 Å². The van der Waals surface area contributed by atoms with E-state index >= 15 is 0 Å². The molecule has 1 saturated heterocycles. The van der Waals surface area contributed by atoms with Crippen LogP contribution in [0.3, 0.4) is 0 Å². The number of carbonyl (C=O) groups excluding carboxylic acids is 1. The summed E-state index contributed by atoms with van der Waals surface area (Å²) in [5, 5.41) is 0. The highest BCUT2D eigenvalue weighted by molar-refractivity contribution is 5.76. The van der Waals surface area contributed by atoms with Gasteiger partial charge >= 0.3 is 5.97 Å². The van der Waals surface area contributed by atoms with Crippen molar-refractivity contribution < 1.29 is 14.3 Å². The fraction of sp³-hybridized carbons (Fsp3) is 0.900. The van der Waals surface area contributed by atoms with E-state index in [0.29, 0.717) is 0 Å². The maximum atomic E-state index is 11.6. The monoisotopic (exact) mass is 186 g/mol. The van der Waals surface area contributed by atoms with E-state index in [-0.39, 0.29) is 23.6 Å². The molecule has 0 aliphatic carbocycles. The van der Waals surface area contributed by atoms with Crippen LogP contribution in [0.1, 0.15) is 34.1 Å². The van der Waals surface area contributed by atoms with Gasteiger partial charge in [-0.25, -0.2) is 0 Å². The van der Waals surface area contributed by atoms with Crippen LogP contribution >= 0.6 is 0 Å². The van der Waals surface area contributed by atoms with Crippen LogP contribution in [-0.2, 0) is 14.3 Å². The molecule has 0 aromatic carbocycles. The average Bonchev–Trinajstić information content (AvgIpc) is 2.86. The van der Waals surface area contributed by atoms with Crippen molar-refractivity contribution in [3.05, 3.63) is 0 Å². The van der Waals surface area contributed by atoms with E-state index < -0.39 is 0 Å². The molecule has 1 aliphatic heterocycles. The molecule has 0 spiro atoms. The van der Waals surface area contributed by atoms with Crippen molar-refractivity contribution in [1.29, 1.82) is 0 Å². The minimum Gasteiger partial charge on any atom is -0.459 e. The zero-order valence-corrected chi connectivity index (χ0v) is 8.79. The van der Waals surface area contributed by atoms with Gasteiger partial charge in [-0.15, -0.1) is 0 Å². The second-order valence-corrected chi connectivity index (χ2v) is 4.22. The number of epoxide rings is 1. The topological polar surface area (TPSA) is 38.8 Å².